The van der Waals surface area contributed by atoms with E-state index in [1.807, 2.05) is 6.92 Å². The molecule has 0 bridgehead atoms. The van der Waals surface area contributed by atoms with Crippen LogP contribution in [0.4, 0.5) is 0 Å². The quantitative estimate of drug-likeness (QED) is 0.493. The molecule has 1 unspecified atom stereocenters. The summed E-state index contributed by atoms with van der Waals surface area (Å²) < 4.78 is 4.82. The number of rotatable bonds is 2. The van der Waals surface area contributed by atoms with Crippen LogP contribution in [-0.2, 0) is 4.52 Å². The molecule has 0 fully saturated rings. The van der Waals surface area contributed by atoms with Crippen molar-refractivity contribution in [3.05, 3.63) is 0 Å². The molecule has 0 amide bonds. The van der Waals surface area contributed by atoms with Crippen LogP contribution in [-0.4, -0.2) is 6.10 Å². The highest BCUT2D eigenvalue weighted by Gasteiger charge is 1.88. The van der Waals surface area contributed by atoms with Crippen molar-refractivity contribution < 1.29 is 5.95 Å². The van der Waals surface area contributed by atoms with Crippen LogP contribution in [0.25, 0.3) is 0 Å². The first-order valence-corrected chi connectivity index (χ1v) is 2.64. The Hall–Kier alpha value is 0.390. The third-order valence-electron chi connectivity index (χ3n) is 0.807. The first-order chi connectivity index (χ1) is 2.81. The molecule has 6 heavy (non-hydrogen) atoms. The molecule has 0 aliphatic carbocycles. The fourth-order valence-electron chi connectivity index (χ4n) is 0.0962. The minimum Gasteiger partial charge on any atom is -0.363 e. The lowest BCUT2D eigenvalue weighted by molar-refractivity contribution is 0.257. The molecular weight excluding hydrogens is 95.0 g/mol. The summed E-state index contributed by atoms with van der Waals surface area (Å²) in [6.07, 6.45) is 1.48. The van der Waals surface area contributed by atoms with Crippen molar-refractivity contribution in [2.24, 2.45) is 0 Å². The summed E-state index contributed by atoms with van der Waals surface area (Å²) in [6, 6.07) is 0. The van der Waals surface area contributed by atoms with Gasteiger partial charge in [-0.3, -0.25) is 0 Å². The van der Waals surface area contributed by atoms with Gasteiger partial charge in [-0.25, -0.2) is 0 Å². The van der Waals surface area contributed by atoms with Gasteiger partial charge in [0.1, 0.15) is 0 Å². The summed E-state index contributed by atoms with van der Waals surface area (Å²) in [4.78, 5) is 0. The normalized spacial score (nSPS) is 14.5. The first-order valence-electron chi connectivity index (χ1n) is 2.16. The van der Waals surface area contributed by atoms with Gasteiger partial charge < -0.3 is 4.52 Å². The van der Waals surface area contributed by atoms with Gasteiger partial charge >= 0.3 is 0 Å². The van der Waals surface area contributed by atoms with Crippen LogP contribution in [0, 0.1) is 0 Å². The Morgan fingerprint density at radius 2 is 2.50 bits per heavy atom. The van der Waals surface area contributed by atoms with E-state index in [1.54, 1.807) is 0 Å². The highest BCUT2D eigenvalue weighted by Crippen LogP contribution is 1.98. The van der Waals surface area contributed by atoms with E-state index in [0.717, 1.165) is 6.42 Å². The highest BCUT2D eigenvalue weighted by molar-refractivity contribution is 7.09. The Labute approximate surface area is 42.8 Å². The van der Waals surface area contributed by atoms with Crippen LogP contribution in [0.5, 0.6) is 0 Å². The van der Waals surface area contributed by atoms with Crippen molar-refractivity contribution in [1.82, 2.24) is 0 Å². The molecule has 0 aliphatic heterocycles. The van der Waals surface area contributed by atoms with Gasteiger partial charge in [-0.05, 0) is 13.3 Å². The maximum atomic E-state index is 4.82. The lowest BCUT2D eigenvalue weighted by Crippen LogP contribution is -1.95. The molecule has 0 N–H and O–H groups in total. The molecule has 0 spiro atoms. The van der Waals surface area contributed by atoms with E-state index in [-0.39, 0.29) is 1.43 Å². The van der Waals surface area contributed by atoms with Crippen molar-refractivity contribution in [2.75, 3.05) is 0 Å². The summed E-state index contributed by atoms with van der Waals surface area (Å²) >= 11 is 0. The monoisotopic (exact) mass is 110 g/mol. The molecule has 0 aromatic rings. The molecule has 0 aromatic carbocycles. The number of hydrogen-bond acceptors (Lipinski definition) is 1. The summed E-state index contributed by atoms with van der Waals surface area (Å²) in [5, 5.41) is 0. The van der Waals surface area contributed by atoms with Crippen LogP contribution in [0.3, 0.4) is 0 Å². The lowest BCUT2D eigenvalue weighted by atomic mass is 10.3. The molecular formula is C4H13OP. The second kappa shape index (κ2) is 3.58. The van der Waals surface area contributed by atoms with Gasteiger partial charge in [0, 0.05) is 10.9 Å². The van der Waals surface area contributed by atoms with Gasteiger partial charge in [0.25, 0.3) is 0 Å². The van der Waals surface area contributed by atoms with Crippen molar-refractivity contribution in [3.8, 4) is 0 Å². The fraction of sp³-hybridized carbons (Fsp3) is 1.00. The molecule has 0 aromatic heterocycles. The summed E-state index contributed by atoms with van der Waals surface area (Å²) in [5.74, 6) is 0. The SMILES string of the molecule is CC[C@@H](C)OP.[3HH]. The van der Waals surface area contributed by atoms with E-state index in [4.69, 9.17) is 4.52 Å². The van der Waals surface area contributed by atoms with Gasteiger partial charge in [-0.1, -0.05) is 6.92 Å². The van der Waals surface area contributed by atoms with E-state index in [9.17, 15) is 0 Å². The maximum Gasteiger partial charge on any atom is 0.0580 e. The molecule has 0 heterocycles. The van der Waals surface area contributed by atoms with Crippen molar-refractivity contribution in [1.29, 1.82) is 0 Å². The van der Waals surface area contributed by atoms with Gasteiger partial charge in [-0.2, -0.15) is 0 Å². The van der Waals surface area contributed by atoms with E-state index < -0.39 is 0 Å². The molecule has 0 saturated carbocycles. The minimum atomic E-state index is 0. The van der Waals surface area contributed by atoms with Crippen LogP contribution >= 0.6 is 9.47 Å². The molecule has 40 valence electrons. The van der Waals surface area contributed by atoms with Crippen molar-refractivity contribution in [3.63, 3.8) is 0 Å². The third kappa shape index (κ3) is 2.62. The van der Waals surface area contributed by atoms with Crippen LogP contribution in [0.1, 0.15) is 21.7 Å². The predicted octanol–water partition coefficient (Wildman–Crippen LogP) is 1.84. The zero-order valence-corrected chi connectivity index (χ0v) is 5.42. The molecule has 0 radical (unpaired) electrons. The second-order valence-corrected chi connectivity index (χ2v) is 1.63. The van der Waals surface area contributed by atoms with E-state index >= 15 is 0 Å². The molecule has 0 rings (SSSR count). The smallest absolute Gasteiger partial charge is 0.0580 e. The standard InChI is InChI=1S/C4H11OP.H2/c1-3-4(2)5-6;/h4H,3,6H2,1-2H3;1H/t4-;/m1./s1/i;1+2. The Morgan fingerprint density at radius 3 is 2.50 bits per heavy atom. The molecule has 0 saturated heterocycles. The first kappa shape index (κ1) is 6.39. The van der Waals surface area contributed by atoms with E-state index in [0.29, 0.717) is 6.10 Å². The Balaban J connectivity index is 0. The lowest BCUT2D eigenvalue weighted by Gasteiger charge is -2.01. The average molecular weight is 110 g/mol. The maximum absolute atomic E-state index is 4.82. The predicted molar refractivity (Wildman–Crippen MR) is 32.7 cm³/mol. The van der Waals surface area contributed by atoms with Gasteiger partial charge in [0.2, 0.25) is 0 Å². The van der Waals surface area contributed by atoms with Crippen molar-refractivity contribution >= 4 is 9.47 Å². The summed E-state index contributed by atoms with van der Waals surface area (Å²) in [6.45, 7) is 4.13. The molecule has 2 atom stereocenters. The topological polar surface area (TPSA) is 9.23 Å². The fourth-order valence-corrected chi connectivity index (χ4v) is 0.289. The Kier molecular flexibility index (Phi) is 3.81. The van der Waals surface area contributed by atoms with Crippen LogP contribution < -0.4 is 0 Å². The third-order valence-corrected chi connectivity index (χ3v) is 1.27. The van der Waals surface area contributed by atoms with Crippen molar-refractivity contribution in [2.45, 2.75) is 26.4 Å². The minimum absolute atomic E-state index is 0. The summed E-state index contributed by atoms with van der Waals surface area (Å²) in [7, 11) is 2.24. The van der Waals surface area contributed by atoms with Gasteiger partial charge in [0.15, 0.2) is 0 Å². The average Bonchev–Trinajstić information content (AvgIpc) is 1.65. The Morgan fingerprint density at radius 1 is 2.00 bits per heavy atom. The second-order valence-electron chi connectivity index (χ2n) is 1.35. The zero-order valence-electron chi connectivity index (χ0n) is 4.27. The molecule has 2 heteroatoms. The van der Waals surface area contributed by atoms with E-state index in [1.165, 1.54) is 0 Å². The zero-order chi connectivity index (χ0) is 4.99. The number of hydrogen-bond donors (Lipinski definition) is 0. The molecule has 1 nitrogen and oxygen atoms in total. The Bertz CT molecular complexity index is 30.9. The molecule has 0 aliphatic rings. The highest BCUT2D eigenvalue weighted by atomic mass is 31.0. The van der Waals surface area contributed by atoms with Gasteiger partial charge in [0.05, 0.1) is 6.10 Å². The van der Waals surface area contributed by atoms with E-state index in [2.05, 4.69) is 16.4 Å². The largest absolute Gasteiger partial charge is 0.363 e. The van der Waals surface area contributed by atoms with Crippen LogP contribution in [0.15, 0.2) is 0 Å². The van der Waals surface area contributed by atoms with Gasteiger partial charge in [-0.15, -0.1) is 0 Å². The summed E-state index contributed by atoms with van der Waals surface area (Å²) in [5.41, 5.74) is 0. The van der Waals surface area contributed by atoms with Crippen LogP contribution in [0.2, 0.25) is 0 Å².